The van der Waals surface area contributed by atoms with Gasteiger partial charge in [0, 0.05) is 23.6 Å². The molecule has 1 aliphatic heterocycles. The van der Waals surface area contributed by atoms with E-state index in [2.05, 4.69) is 20.3 Å². The average Bonchev–Trinajstić information content (AvgIpc) is 3.84. The van der Waals surface area contributed by atoms with Crippen molar-refractivity contribution in [3.05, 3.63) is 71.4 Å². The molecule has 0 bridgehead atoms. The second-order valence-electron chi connectivity index (χ2n) is 10.3. The van der Waals surface area contributed by atoms with Crippen molar-refractivity contribution in [2.24, 2.45) is 5.92 Å². The number of nitrogens with zero attached hydrogens (tertiary/aromatic N) is 3. The van der Waals surface area contributed by atoms with Crippen LogP contribution in [0.4, 0.5) is 17.6 Å². The van der Waals surface area contributed by atoms with Crippen LogP contribution in [0.5, 0.6) is 11.6 Å². The molecule has 14 heteroatoms. The Morgan fingerprint density at radius 1 is 1.09 bits per heavy atom. The minimum atomic E-state index is -4.55. The summed E-state index contributed by atoms with van der Waals surface area (Å²) < 4.78 is 91.4. The van der Waals surface area contributed by atoms with Gasteiger partial charge in [-0.25, -0.2) is 35.9 Å². The van der Waals surface area contributed by atoms with Gasteiger partial charge in [-0.05, 0) is 61.2 Å². The van der Waals surface area contributed by atoms with Crippen LogP contribution in [0.2, 0.25) is 0 Å². The Balaban J connectivity index is 1.24. The number of aromatic nitrogens is 3. The quantitative estimate of drug-likeness (QED) is 0.264. The average molecular weight is 617 g/mol. The molecule has 1 aromatic carbocycles. The van der Waals surface area contributed by atoms with E-state index in [1.807, 2.05) is 0 Å². The second kappa shape index (κ2) is 11.4. The predicted molar refractivity (Wildman–Crippen MR) is 146 cm³/mol. The zero-order valence-electron chi connectivity index (χ0n) is 22.4. The minimum absolute atomic E-state index is 0.0672. The Hall–Kier alpha value is -4.33. The van der Waals surface area contributed by atoms with Gasteiger partial charge in [0.1, 0.15) is 10.6 Å². The lowest BCUT2D eigenvalue weighted by molar-refractivity contribution is 0.0949. The Bertz CT molecular complexity index is 1840. The highest BCUT2D eigenvalue weighted by molar-refractivity contribution is 7.92. The molecular weight excluding hydrogens is 592 g/mol. The first-order valence-corrected chi connectivity index (χ1v) is 14.9. The van der Waals surface area contributed by atoms with Gasteiger partial charge in [-0.1, -0.05) is 0 Å². The summed E-state index contributed by atoms with van der Waals surface area (Å²) in [6.07, 6.45) is 0.331. The zero-order valence-corrected chi connectivity index (χ0v) is 23.2. The third kappa shape index (κ3) is 5.96. The van der Waals surface area contributed by atoms with Crippen LogP contribution in [0.15, 0.2) is 53.6 Å². The van der Waals surface area contributed by atoms with E-state index >= 15 is 0 Å². The van der Waals surface area contributed by atoms with E-state index < -0.39 is 56.3 Å². The molecule has 4 aromatic rings. The lowest BCUT2D eigenvalue weighted by Crippen LogP contribution is -2.24. The Labute approximate surface area is 243 Å². The zero-order chi connectivity index (χ0) is 30.3. The van der Waals surface area contributed by atoms with Gasteiger partial charge < -0.3 is 14.8 Å². The van der Waals surface area contributed by atoms with Crippen molar-refractivity contribution < 1.29 is 40.2 Å². The Morgan fingerprint density at radius 2 is 1.91 bits per heavy atom. The van der Waals surface area contributed by atoms with Crippen molar-refractivity contribution >= 4 is 26.6 Å². The molecule has 43 heavy (non-hydrogen) atoms. The third-order valence-corrected chi connectivity index (χ3v) is 8.93. The topological polar surface area (TPSA) is 120 Å². The number of ether oxygens (including phenoxy) is 2. The summed E-state index contributed by atoms with van der Waals surface area (Å²) in [5.74, 6) is -2.09. The largest absolute Gasteiger partial charge is 0.489 e. The predicted octanol–water partition coefficient (Wildman–Crippen LogP) is 5.34. The second-order valence-corrected chi connectivity index (χ2v) is 12.3. The van der Waals surface area contributed by atoms with E-state index in [-0.39, 0.29) is 24.6 Å². The number of halogens is 4. The Morgan fingerprint density at radius 3 is 2.67 bits per heavy atom. The summed E-state index contributed by atoms with van der Waals surface area (Å²) in [7, 11) is -4.55. The first-order chi connectivity index (χ1) is 20.6. The van der Waals surface area contributed by atoms with Gasteiger partial charge >= 0.3 is 0 Å². The molecule has 1 saturated carbocycles. The van der Waals surface area contributed by atoms with Crippen LogP contribution in [0, 0.1) is 11.7 Å². The highest BCUT2D eigenvalue weighted by atomic mass is 32.2. The fraction of sp³-hybridized carbons (Fsp3) is 0.310. The molecule has 3 aromatic heterocycles. The Kier molecular flexibility index (Phi) is 7.63. The summed E-state index contributed by atoms with van der Waals surface area (Å²) in [6, 6.07) is 9.47. The fourth-order valence-electron chi connectivity index (χ4n) is 4.54. The molecule has 1 N–H and O–H groups in total. The van der Waals surface area contributed by atoms with Gasteiger partial charge in [0.2, 0.25) is 21.2 Å². The monoisotopic (exact) mass is 616 g/mol. The lowest BCUT2D eigenvalue weighted by atomic mass is 10.1. The van der Waals surface area contributed by atoms with Crippen molar-refractivity contribution in [2.75, 3.05) is 13.2 Å². The van der Waals surface area contributed by atoms with E-state index in [0.717, 1.165) is 25.0 Å². The van der Waals surface area contributed by atoms with Crippen molar-refractivity contribution in [1.29, 1.82) is 0 Å². The van der Waals surface area contributed by atoms with Crippen LogP contribution in [0.1, 0.15) is 47.4 Å². The van der Waals surface area contributed by atoms with E-state index in [4.69, 9.17) is 9.47 Å². The highest BCUT2D eigenvalue weighted by Gasteiger charge is 2.35. The molecule has 0 spiro atoms. The number of fused-ring (bicyclic) bond motifs is 2. The molecule has 6 rings (SSSR count). The molecule has 1 atom stereocenters. The van der Waals surface area contributed by atoms with Crippen LogP contribution < -0.4 is 14.8 Å². The fourth-order valence-corrected chi connectivity index (χ4v) is 5.93. The van der Waals surface area contributed by atoms with E-state index in [1.54, 1.807) is 18.2 Å². The van der Waals surface area contributed by atoms with Gasteiger partial charge in [0.25, 0.3) is 12.3 Å². The van der Waals surface area contributed by atoms with Crippen LogP contribution in [0.25, 0.3) is 22.2 Å². The van der Waals surface area contributed by atoms with Crippen molar-refractivity contribution in [2.45, 2.75) is 42.6 Å². The summed E-state index contributed by atoms with van der Waals surface area (Å²) >= 11 is 0. The number of nitrogens with one attached hydrogen (secondary N) is 1. The highest BCUT2D eigenvalue weighted by Crippen LogP contribution is 2.36. The van der Waals surface area contributed by atoms with Crippen LogP contribution >= 0.6 is 0 Å². The number of alkyl halides is 3. The number of pyridine rings is 3. The molecule has 224 valence electrons. The van der Waals surface area contributed by atoms with Crippen LogP contribution in [0.3, 0.4) is 0 Å². The van der Waals surface area contributed by atoms with E-state index in [0.29, 0.717) is 40.4 Å². The number of carbonyl (C=O) groups is 1. The molecule has 1 fully saturated rings. The van der Waals surface area contributed by atoms with Crippen molar-refractivity contribution in [1.82, 2.24) is 20.3 Å². The molecule has 1 amide bonds. The normalized spacial score (nSPS) is 17.7. The van der Waals surface area contributed by atoms with Gasteiger partial charge in [0.15, 0.2) is 11.6 Å². The molecule has 0 radical (unpaired) electrons. The third-order valence-electron chi connectivity index (χ3n) is 7.10. The number of sulfone groups is 1. The summed E-state index contributed by atoms with van der Waals surface area (Å²) in [5.41, 5.74) is -1.29. The minimum Gasteiger partial charge on any atom is -0.489 e. The number of carbonyl (C=O) groups excluding carboxylic acids is 1. The molecule has 2 aliphatic rings. The molecular formula is C29H24F4N4O5S. The number of rotatable bonds is 8. The SMILES string of the molecule is O=C(NCc1cc2nc(-c3ccc(C(F)F)nc3OCC3CC3)ccc2cn1)c1cc(F)c2c(c1)S(=O)(=O)C(F)CCO2. The van der Waals surface area contributed by atoms with Gasteiger partial charge in [-0.3, -0.25) is 9.78 Å². The maximum absolute atomic E-state index is 14.7. The summed E-state index contributed by atoms with van der Waals surface area (Å²) in [5, 5.41) is 3.21. The molecule has 1 aliphatic carbocycles. The smallest absolute Gasteiger partial charge is 0.280 e. The van der Waals surface area contributed by atoms with Gasteiger partial charge in [0.05, 0.1) is 42.2 Å². The van der Waals surface area contributed by atoms with Crippen LogP contribution in [-0.2, 0) is 16.4 Å². The maximum Gasteiger partial charge on any atom is 0.280 e. The number of hydrogen-bond donors (Lipinski definition) is 1. The molecule has 0 saturated heterocycles. The van der Waals surface area contributed by atoms with Crippen LogP contribution in [-0.4, -0.2) is 48.0 Å². The van der Waals surface area contributed by atoms with E-state index in [9.17, 15) is 30.8 Å². The van der Waals surface area contributed by atoms with Crippen molar-refractivity contribution in [3.8, 4) is 22.9 Å². The van der Waals surface area contributed by atoms with Gasteiger partial charge in [-0.15, -0.1) is 0 Å². The van der Waals surface area contributed by atoms with E-state index in [1.165, 1.54) is 18.3 Å². The lowest BCUT2D eigenvalue weighted by Gasteiger charge is -2.13. The summed E-state index contributed by atoms with van der Waals surface area (Å²) in [6.45, 7) is -0.0875. The number of amides is 1. The number of benzene rings is 1. The van der Waals surface area contributed by atoms with Crippen molar-refractivity contribution in [3.63, 3.8) is 0 Å². The molecule has 4 heterocycles. The molecule has 9 nitrogen and oxygen atoms in total. The number of hydrogen-bond acceptors (Lipinski definition) is 8. The maximum atomic E-state index is 14.7. The standard InChI is InChI=1S/C29H24F4N4O5S/c30-20-9-17(10-24-26(20)41-8-7-25(31)43(24,39)40)28(38)35-13-18-11-23-16(12-34-18)3-5-21(36-23)19-4-6-22(27(32)33)37-29(19)42-14-15-1-2-15/h3-6,9-12,15,25,27H,1-2,7-8,13-14H2,(H,35,38). The van der Waals surface area contributed by atoms with Gasteiger partial charge in [-0.2, -0.15) is 0 Å². The first kappa shape index (κ1) is 28.8. The molecule has 1 unspecified atom stereocenters. The summed E-state index contributed by atoms with van der Waals surface area (Å²) in [4.78, 5) is 25.1. The first-order valence-electron chi connectivity index (χ1n) is 13.4.